The van der Waals surface area contributed by atoms with E-state index in [0.29, 0.717) is 6.04 Å². The summed E-state index contributed by atoms with van der Waals surface area (Å²) >= 11 is 9.60. The zero-order valence-corrected chi connectivity index (χ0v) is 13.5. The van der Waals surface area contributed by atoms with Gasteiger partial charge in [-0.25, -0.2) is 0 Å². The Balaban J connectivity index is 2.18. The standard InChI is InChI=1S/C14H20BrClN2/c1-14(2,3)13-9-18(7-6-17-13)12-5-4-10(16)8-11(12)15/h4-5,8,13,17H,6-7,9H2,1-3H3. The molecule has 1 aromatic carbocycles. The van der Waals surface area contributed by atoms with Gasteiger partial charge in [0.2, 0.25) is 0 Å². The van der Waals surface area contributed by atoms with Crippen molar-refractivity contribution in [3.05, 3.63) is 27.7 Å². The summed E-state index contributed by atoms with van der Waals surface area (Å²) in [5.41, 5.74) is 1.51. The van der Waals surface area contributed by atoms with E-state index < -0.39 is 0 Å². The molecule has 4 heteroatoms. The van der Waals surface area contributed by atoms with Crippen molar-refractivity contribution in [1.29, 1.82) is 0 Å². The van der Waals surface area contributed by atoms with E-state index in [-0.39, 0.29) is 5.41 Å². The Bertz CT molecular complexity index is 428. The number of benzene rings is 1. The Labute approximate surface area is 123 Å². The van der Waals surface area contributed by atoms with Crippen LogP contribution in [-0.2, 0) is 0 Å². The monoisotopic (exact) mass is 330 g/mol. The van der Waals surface area contributed by atoms with E-state index >= 15 is 0 Å². The highest BCUT2D eigenvalue weighted by molar-refractivity contribution is 9.10. The molecule has 0 aromatic heterocycles. The van der Waals surface area contributed by atoms with Crippen LogP contribution in [0.3, 0.4) is 0 Å². The first kappa shape index (κ1) is 14.2. The van der Waals surface area contributed by atoms with Crippen molar-refractivity contribution in [3.63, 3.8) is 0 Å². The van der Waals surface area contributed by atoms with Crippen LogP contribution in [0.15, 0.2) is 22.7 Å². The number of hydrogen-bond donors (Lipinski definition) is 1. The second-order valence-electron chi connectivity index (χ2n) is 5.91. The van der Waals surface area contributed by atoms with Gasteiger partial charge >= 0.3 is 0 Å². The van der Waals surface area contributed by atoms with E-state index in [0.717, 1.165) is 29.1 Å². The molecule has 0 aliphatic carbocycles. The van der Waals surface area contributed by atoms with Gasteiger partial charge in [-0.15, -0.1) is 0 Å². The summed E-state index contributed by atoms with van der Waals surface area (Å²) < 4.78 is 1.07. The summed E-state index contributed by atoms with van der Waals surface area (Å²) in [5.74, 6) is 0. The lowest BCUT2D eigenvalue weighted by Gasteiger charge is -2.41. The topological polar surface area (TPSA) is 15.3 Å². The molecule has 1 atom stereocenters. The minimum Gasteiger partial charge on any atom is -0.368 e. The molecule has 0 radical (unpaired) electrons. The summed E-state index contributed by atoms with van der Waals surface area (Å²) in [5, 5.41) is 4.38. The lowest BCUT2D eigenvalue weighted by atomic mass is 9.85. The Morgan fingerprint density at radius 2 is 2.11 bits per heavy atom. The molecular weight excluding hydrogens is 312 g/mol. The second kappa shape index (κ2) is 5.40. The Morgan fingerprint density at radius 3 is 2.72 bits per heavy atom. The first-order valence-electron chi connectivity index (χ1n) is 6.31. The van der Waals surface area contributed by atoms with Gasteiger partial charge in [0.25, 0.3) is 0 Å². The molecule has 1 aromatic rings. The highest BCUT2D eigenvalue weighted by Crippen LogP contribution is 2.31. The van der Waals surface area contributed by atoms with E-state index in [1.165, 1.54) is 5.69 Å². The SMILES string of the molecule is CC(C)(C)C1CN(c2ccc(Cl)cc2Br)CCN1. The van der Waals surface area contributed by atoms with E-state index in [1.807, 2.05) is 12.1 Å². The molecule has 100 valence electrons. The van der Waals surface area contributed by atoms with Crippen LogP contribution >= 0.6 is 27.5 Å². The van der Waals surface area contributed by atoms with Gasteiger partial charge in [0, 0.05) is 35.2 Å². The fourth-order valence-electron chi connectivity index (χ4n) is 2.29. The van der Waals surface area contributed by atoms with Crippen molar-refractivity contribution >= 4 is 33.2 Å². The maximum atomic E-state index is 6.00. The quantitative estimate of drug-likeness (QED) is 0.839. The molecule has 1 fully saturated rings. The van der Waals surface area contributed by atoms with Gasteiger partial charge in [-0.1, -0.05) is 32.4 Å². The van der Waals surface area contributed by atoms with Crippen LogP contribution in [0.1, 0.15) is 20.8 Å². The van der Waals surface area contributed by atoms with E-state index in [4.69, 9.17) is 11.6 Å². The number of piperazine rings is 1. The second-order valence-corrected chi connectivity index (χ2v) is 7.21. The summed E-state index contributed by atoms with van der Waals surface area (Å²) in [4.78, 5) is 2.42. The van der Waals surface area contributed by atoms with Gasteiger partial charge in [0.1, 0.15) is 0 Å². The van der Waals surface area contributed by atoms with Crippen molar-refractivity contribution in [3.8, 4) is 0 Å². The molecule has 2 nitrogen and oxygen atoms in total. The van der Waals surface area contributed by atoms with Crippen LogP contribution in [0.5, 0.6) is 0 Å². The third-order valence-corrected chi connectivity index (χ3v) is 4.34. The average molecular weight is 332 g/mol. The number of halogens is 2. The third-order valence-electron chi connectivity index (χ3n) is 3.47. The number of anilines is 1. The molecule has 18 heavy (non-hydrogen) atoms. The highest BCUT2D eigenvalue weighted by atomic mass is 79.9. The van der Waals surface area contributed by atoms with Crippen LogP contribution in [0.4, 0.5) is 5.69 Å². The first-order chi connectivity index (χ1) is 8.38. The zero-order valence-electron chi connectivity index (χ0n) is 11.1. The molecule has 1 aliphatic rings. The van der Waals surface area contributed by atoms with Crippen LogP contribution in [0.25, 0.3) is 0 Å². The van der Waals surface area contributed by atoms with Gasteiger partial charge < -0.3 is 10.2 Å². The van der Waals surface area contributed by atoms with Crippen LogP contribution in [0.2, 0.25) is 5.02 Å². The van der Waals surface area contributed by atoms with Crippen LogP contribution in [-0.4, -0.2) is 25.7 Å². The van der Waals surface area contributed by atoms with E-state index in [1.54, 1.807) is 0 Å². The molecule has 1 unspecified atom stereocenters. The normalized spacial score (nSPS) is 21.2. The van der Waals surface area contributed by atoms with Crippen molar-refractivity contribution in [2.24, 2.45) is 5.41 Å². The molecule has 1 aliphatic heterocycles. The van der Waals surface area contributed by atoms with Crippen LogP contribution < -0.4 is 10.2 Å². The fraction of sp³-hybridized carbons (Fsp3) is 0.571. The van der Waals surface area contributed by atoms with Crippen molar-refractivity contribution in [1.82, 2.24) is 5.32 Å². The number of nitrogens with one attached hydrogen (secondary N) is 1. The number of nitrogens with zero attached hydrogens (tertiary/aromatic N) is 1. The first-order valence-corrected chi connectivity index (χ1v) is 7.48. The zero-order chi connectivity index (χ0) is 13.3. The summed E-state index contributed by atoms with van der Waals surface area (Å²) in [6.45, 7) is 9.94. The van der Waals surface area contributed by atoms with Crippen molar-refractivity contribution in [2.45, 2.75) is 26.8 Å². The smallest absolute Gasteiger partial charge is 0.0512 e. The Morgan fingerprint density at radius 1 is 1.39 bits per heavy atom. The fourth-order valence-corrected chi connectivity index (χ4v) is 3.22. The molecule has 0 spiro atoms. The van der Waals surface area contributed by atoms with Crippen molar-refractivity contribution < 1.29 is 0 Å². The van der Waals surface area contributed by atoms with Gasteiger partial charge in [-0.05, 0) is 39.5 Å². The molecule has 0 bridgehead atoms. The predicted octanol–water partition coefficient (Wildman–Crippen LogP) is 3.93. The predicted molar refractivity (Wildman–Crippen MR) is 82.6 cm³/mol. The lowest BCUT2D eigenvalue weighted by Crippen LogP contribution is -2.56. The summed E-state index contributed by atoms with van der Waals surface area (Å²) in [6, 6.07) is 6.52. The minimum atomic E-state index is 0.275. The molecule has 0 amide bonds. The van der Waals surface area contributed by atoms with Gasteiger partial charge in [0.05, 0.1) is 5.69 Å². The number of hydrogen-bond acceptors (Lipinski definition) is 2. The van der Waals surface area contributed by atoms with Crippen molar-refractivity contribution in [2.75, 3.05) is 24.5 Å². The molecule has 1 N–H and O–H groups in total. The summed E-state index contributed by atoms with van der Waals surface area (Å²) in [7, 11) is 0. The maximum Gasteiger partial charge on any atom is 0.0512 e. The van der Waals surface area contributed by atoms with E-state index in [2.05, 4.69) is 53.0 Å². The molecular formula is C14H20BrClN2. The minimum absolute atomic E-state index is 0.275. The Hall–Kier alpha value is -0.250. The van der Waals surface area contributed by atoms with E-state index in [9.17, 15) is 0 Å². The highest BCUT2D eigenvalue weighted by Gasteiger charge is 2.29. The third kappa shape index (κ3) is 3.19. The molecule has 2 rings (SSSR count). The average Bonchev–Trinajstić information content (AvgIpc) is 2.28. The molecule has 0 saturated carbocycles. The summed E-state index contributed by atoms with van der Waals surface area (Å²) in [6.07, 6.45) is 0. The largest absolute Gasteiger partial charge is 0.368 e. The van der Waals surface area contributed by atoms with Gasteiger partial charge in [-0.2, -0.15) is 0 Å². The molecule has 1 heterocycles. The van der Waals surface area contributed by atoms with Gasteiger partial charge in [0.15, 0.2) is 0 Å². The molecule has 1 saturated heterocycles. The number of rotatable bonds is 1. The van der Waals surface area contributed by atoms with Crippen LogP contribution in [0, 0.1) is 5.41 Å². The lowest BCUT2D eigenvalue weighted by molar-refractivity contribution is 0.254. The Kier molecular flexibility index (Phi) is 4.25. The maximum absolute atomic E-state index is 6.00. The van der Waals surface area contributed by atoms with Gasteiger partial charge in [-0.3, -0.25) is 0 Å².